The Morgan fingerprint density at radius 1 is 1.18 bits per heavy atom. The molecule has 1 fully saturated rings. The standard InChI is InChI=1S/C16H17ClN2O3/c1-2-13-14(17)15(19-10-18-13)22-12-8-20-16(21-9-12)11-6-4-3-5-7-11/h3-7,10,12,16H,2,8-9H2,1H3. The summed E-state index contributed by atoms with van der Waals surface area (Å²) in [4.78, 5) is 8.20. The van der Waals surface area contributed by atoms with Gasteiger partial charge in [-0.15, -0.1) is 0 Å². The van der Waals surface area contributed by atoms with E-state index in [1.54, 1.807) is 0 Å². The predicted octanol–water partition coefficient (Wildman–Crippen LogP) is 3.19. The fraction of sp³-hybridized carbons (Fsp3) is 0.375. The zero-order valence-electron chi connectivity index (χ0n) is 12.2. The summed E-state index contributed by atoms with van der Waals surface area (Å²) in [5.41, 5.74) is 1.76. The van der Waals surface area contributed by atoms with Crippen molar-refractivity contribution < 1.29 is 14.2 Å². The monoisotopic (exact) mass is 320 g/mol. The van der Waals surface area contributed by atoms with Crippen molar-refractivity contribution in [3.8, 4) is 5.88 Å². The van der Waals surface area contributed by atoms with Gasteiger partial charge in [0.2, 0.25) is 5.88 Å². The van der Waals surface area contributed by atoms with E-state index < -0.39 is 0 Å². The van der Waals surface area contributed by atoms with Gasteiger partial charge in [-0.1, -0.05) is 48.9 Å². The number of ether oxygens (including phenoxy) is 3. The molecule has 0 bridgehead atoms. The third kappa shape index (κ3) is 3.38. The molecule has 1 aromatic carbocycles. The molecule has 2 aromatic rings. The number of aryl methyl sites for hydroxylation is 1. The average molecular weight is 321 g/mol. The summed E-state index contributed by atoms with van der Waals surface area (Å²) < 4.78 is 17.2. The van der Waals surface area contributed by atoms with Gasteiger partial charge in [-0.3, -0.25) is 0 Å². The van der Waals surface area contributed by atoms with Gasteiger partial charge in [0.25, 0.3) is 0 Å². The third-order valence-corrected chi connectivity index (χ3v) is 3.76. The van der Waals surface area contributed by atoms with Crippen LogP contribution in [0.2, 0.25) is 5.02 Å². The van der Waals surface area contributed by atoms with Crippen LogP contribution in [0.1, 0.15) is 24.5 Å². The van der Waals surface area contributed by atoms with Crippen molar-refractivity contribution in [3.05, 3.63) is 52.9 Å². The van der Waals surface area contributed by atoms with Crippen LogP contribution in [0.15, 0.2) is 36.7 Å². The van der Waals surface area contributed by atoms with E-state index in [2.05, 4.69) is 9.97 Å². The summed E-state index contributed by atoms with van der Waals surface area (Å²) in [7, 11) is 0. The van der Waals surface area contributed by atoms with Crippen LogP contribution >= 0.6 is 11.6 Å². The summed E-state index contributed by atoms with van der Waals surface area (Å²) in [5, 5.41) is 0.454. The zero-order chi connectivity index (χ0) is 15.4. The molecule has 3 rings (SSSR count). The molecular weight excluding hydrogens is 304 g/mol. The van der Waals surface area contributed by atoms with Crippen LogP contribution in [0.3, 0.4) is 0 Å². The molecule has 1 saturated heterocycles. The first-order valence-electron chi connectivity index (χ1n) is 7.22. The fourth-order valence-corrected chi connectivity index (χ4v) is 2.51. The smallest absolute Gasteiger partial charge is 0.236 e. The van der Waals surface area contributed by atoms with Crippen molar-refractivity contribution in [2.75, 3.05) is 13.2 Å². The second-order valence-corrected chi connectivity index (χ2v) is 5.32. The number of aromatic nitrogens is 2. The normalized spacial score (nSPS) is 21.5. The number of halogens is 1. The minimum atomic E-state index is -0.354. The van der Waals surface area contributed by atoms with E-state index in [1.165, 1.54) is 6.33 Å². The van der Waals surface area contributed by atoms with E-state index in [-0.39, 0.29) is 12.4 Å². The fourth-order valence-electron chi connectivity index (χ4n) is 2.23. The maximum absolute atomic E-state index is 6.22. The number of hydrogen-bond donors (Lipinski definition) is 0. The molecule has 0 atom stereocenters. The first-order valence-corrected chi connectivity index (χ1v) is 7.60. The summed E-state index contributed by atoms with van der Waals surface area (Å²) in [6, 6.07) is 9.82. The van der Waals surface area contributed by atoms with Gasteiger partial charge in [0, 0.05) is 5.56 Å². The maximum atomic E-state index is 6.22. The van der Waals surface area contributed by atoms with Gasteiger partial charge in [-0.05, 0) is 6.42 Å². The van der Waals surface area contributed by atoms with Gasteiger partial charge >= 0.3 is 0 Å². The molecule has 5 nitrogen and oxygen atoms in total. The lowest BCUT2D eigenvalue weighted by molar-refractivity contribution is -0.216. The molecular formula is C16H17ClN2O3. The zero-order valence-corrected chi connectivity index (χ0v) is 13.0. The number of benzene rings is 1. The molecule has 0 N–H and O–H groups in total. The molecule has 0 unspecified atom stereocenters. The Labute approximate surface area is 134 Å². The average Bonchev–Trinajstić information content (AvgIpc) is 2.58. The van der Waals surface area contributed by atoms with Crippen molar-refractivity contribution in [2.24, 2.45) is 0 Å². The van der Waals surface area contributed by atoms with Crippen molar-refractivity contribution in [1.29, 1.82) is 0 Å². The molecule has 22 heavy (non-hydrogen) atoms. The predicted molar refractivity (Wildman–Crippen MR) is 81.9 cm³/mol. The van der Waals surface area contributed by atoms with E-state index in [0.29, 0.717) is 24.1 Å². The maximum Gasteiger partial charge on any atom is 0.236 e. The van der Waals surface area contributed by atoms with Crippen LogP contribution < -0.4 is 4.74 Å². The Bertz CT molecular complexity index is 616. The largest absolute Gasteiger partial charge is 0.468 e. The highest BCUT2D eigenvalue weighted by Gasteiger charge is 2.26. The van der Waals surface area contributed by atoms with Gasteiger partial charge in [-0.25, -0.2) is 9.97 Å². The highest BCUT2D eigenvalue weighted by atomic mass is 35.5. The Kier molecular flexibility index (Phi) is 4.87. The minimum Gasteiger partial charge on any atom is -0.468 e. The third-order valence-electron chi connectivity index (χ3n) is 3.38. The molecule has 6 heteroatoms. The van der Waals surface area contributed by atoms with Crippen LogP contribution in [0, 0.1) is 0 Å². The molecule has 0 spiro atoms. The second kappa shape index (κ2) is 7.05. The van der Waals surface area contributed by atoms with Gasteiger partial charge in [-0.2, -0.15) is 0 Å². The first-order chi connectivity index (χ1) is 10.8. The van der Waals surface area contributed by atoms with E-state index >= 15 is 0 Å². The van der Waals surface area contributed by atoms with Crippen LogP contribution in [-0.4, -0.2) is 29.3 Å². The van der Waals surface area contributed by atoms with Crippen molar-refractivity contribution in [3.63, 3.8) is 0 Å². The summed E-state index contributed by atoms with van der Waals surface area (Å²) in [6.45, 7) is 2.82. The first kappa shape index (κ1) is 15.2. The molecule has 2 heterocycles. The minimum absolute atomic E-state index is 0.239. The highest BCUT2D eigenvalue weighted by Crippen LogP contribution is 2.28. The van der Waals surface area contributed by atoms with Gasteiger partial charge in [0.15, 0.2) is 6.29 Å². The van der Waals surface area contributed by atoms with Crippen LogP contribution in [0.25, 0.3) is 0 Å². The van der Waals surface area contributed by atoms with Crippen molar-refractivity contribution >= 4 is 11.6 Å². The Morgan fingerprint density at radius 3 is 2.59 bits per heavy atom. The number of nitrogens with zero attached hydrogens (tertiary/aromatic N) is 2. The Morgan fingerprint density at radius 2 is 1.91 bits per heavy atom. The second-order valence-electron chi connectivity index (χ2n) is 4.94. The van der Waals surface area contributed by atoms with Gasteiger partial charge < -0.3 is 14.2 Å². The highest BCUT2D eigenvalue weighted by molar-refractivity contribution is 6.32. The van der Waals surface area contributed by atoms with Crippen LogP contribution in [0.5, 0.6) is 5.88 Å². The Balaban J connectivity index is 1.61. The van der Waals surface area contributed by atoms with E-state index in [1.807, 2.05) is 37.3 Å². The van der Waals surface area contributed by atoms with Gasteiger partial charge in [0.05, 0.1) is 18.9 Å². The summed E-state index contributed by atoms with van der Waals surface area (Å²) in [5.74, 6) is 0.379. The van der Waals surface area contributed by atoms with E-state index in [4.69, 9.17) is 25.8 Å². The number of hydrogen-bond acceptors (Lipinski definition) is 5. The molecule has 0 saturated carbocycles. The van der Waals surface area contributed by atoms with Gasteiger partial charge in [0.1, 0.15) is 17.5 Å². The van der Waals surface area contributed by atoms with Crippen molar-refractivity contribution in [2.45, 2.75) is 25.7 Å². The quantitative estimate of drug-likeness (QED) is 0.866. The molecule has 1 aliphatic rings. The molecule has 0 amide bonds. The summed E-state index contributed by atoms with van der Waals surface area (Å²) in [6.07, 6.45) is 1.59. The van der Waals surface area contributed by atoms with Crippen LogP contribution in [0.4, 0.5) is 0 Å². The van der Waals surface area contributed by atoms with E-state index in [9.17, 15) is 0 Å². The molecule has 1 aliphatic heterocycles. The van der Waals surface area contributed by atoms with Crippen molar-refractivity contribution in [1.82, 2.24) is 9.97 Å². The van der Waals surface area contributed by atoms with E-state index in [0.717, 1.165) is 17.7 Å². The lowest BCUT2D eigenvalue weighted by atomic mass is 10.2. The van der Waals surface area contributed by atoms with Crippen LogP contribution in [-0.2, 0) is 15.9 Å². The lowest BCUT2D eigenvalue weighted by Crippen LogP contribution is -2.36. The molecule has 0 radical (unpaired) electrons. The molecule has 116 valence electrons. The number of rotatable bonds is 4. The summed E-state index contributed by atoms with van der Waals surface area (Å²) >= 11 is 6.22. The lowest BCUT2D eigenvalue weighted by Gasteiger charge is -2.29. The SMILES string of the molecule is CCc1ncnc(OC2COC(c3ccccc3)OC2)c1Cl. The Hall–Kier alpha value is -1.69. The molecule has 1 aromatic heterocycles. The topological polar surface area (TPSA) is 53.5 Å². The molecule has 0 aliphatic carbocycles.